The lowest BCUT2D eigenvalue weighted by atomic mass is 10.3. The monoisotopic (exact) mass is 277 g/mol. The number of nitro benzene ring substituents is 1. The molecule has 0 radical (unpaired) electrons. The quantitative estimate of drug-likeness (QED) is 0.470. The van der Waals surface area contributed by atoms with Crippen LogP contribution in [0, 0.1) is 10.1 Å². The molecule has 0 amide bonds. The van der Waals surface area contributed by atoms with Crippen molar-refractivity contribution in [3.05, 3.63) is 58.6 Å². The fourth-order valence-electron chi connectivity index (χ4n) is 1.42. The van der Waals surface area contributed by atoms with E-state index in [9.17, 15) is 10.1 Å². The first-order chi connectivity index (χ1) is 8.69. The van der Waals surface area contributed by atoms with Crippen molar-refractivity contribution >= 4 is 29.2 Å². The number of non-ortho nitro benzene ring substituents is 1. The highest BCUT2D eigenvalue weighted by Gasteiger charge is 2.04. The van der Waals surface area contributed by atoms with Crippen LogP contribution in [0.3, 0.4) is 0 Å². The van der Waals surface area contributed by atoms with Crippen LogP contribution in [-0.4, -0.2) is 11.2 Å². The lowest BCUT2D eigenvalue weighted by Crippen LogP contribution is -1.86. The third-order valence-electron chi connectivity index (χ3n) is 2.34. The van der Waals surface area contributed by atoms with Crippen molar-refractivity contribution in [3.63, 3.8) is 0 Å². The molecule has 0 spiro atoms. The molecule has 0 saturated heterocycles. The van der Waals surface area contributed by atoms with Crippen molar-refractivity contribution in [1.29, 1.82) is 0 Å². The molecule has 2 aromatic rings. The molecular weight excluding hydrogens is 266 g/mol. The van der Waals surface area contributed by atoms with Crippen LogP contribution < -0.4 is 0 Å². The molecule has 18 heavy (non-hydrogen) atoms. The average Bonchev–Trinajstić information content (AvgIpc) is 2.40. The topological polar surface area (TPSA) is 43.1 Å². The van der Waals surface area contributed by atoms with Gasteiger partial charge < -0.3 is 0 Å². The fourth-order valence-corrected chi connectivity index (χ4v) is 2.64. The van der Waals surface area contributed by atoms with Crippen molar-refractivity contribution in [2.75, 3.05) is 6.26 Å². The van der Waals surface area contributed by atoms with Crippen molar-refractivity contribution in [2.45, 2.75) is 14.7 Å². The van der Waals surface area contributed by atoms with Gasteiger partial charge in [0, 0.05) is 26.8 Å². The van der Waals surface area contributed by atoms with Crippen LogP contribution in [-0.2, 0) is 0 Å². The molecule has 0 fully saturated rings. The van der Waals surface area contributed by atoms with E-state index < -0.39 is 0 Å². The summed E-state index contributed by atoms with van der Waals surface area (Å²) in [5.41, 5.74) is 0.122. The summed E-state index contributed by atoms with van der Waals surface area (Å²) in [4.78, 5) is 13.5. The molecule has 0 saturated carbocycles. The molecule has 0 N–H and O–H groups in total. The van der Waals surface area contributed by atoms with Gasteiger partial charge in [0.2, 0.25) is 0 Å². The zero-order valence-corrected chi connectivity index (χ0v) is 11.3. The minimum Gasteiger partial charge on any atom is -0.258 e. The van der Waals surface area contributed by atoms with E-state index in [-0.39, 0.29) is 10.6 Å². The largest absolute Gasteiger partial charge is 0.269 e. The summed E-state index contributed by atoms with van der Waals surface area (Å²) < 4.78 is 0. The zero-order chi connectivity index (χ0) is 13.0. The summed E-state index contributed by atoms with van der Waals surface area (Å²) in [5.74, 6) is 0. The predicted octanol–water partition coefficient (Wildman–Crippen LogP) is 4.47. The number of hydrogen-bond donors (Lipinski definition) is 0. The van der Waals surface area contributed by atoms with Gasteiger partial charge >= 0.3 is 0 Å². The molecule has 5 heteroatoms. The second-order valence-electron chi connectivity index (χ2n) is 3.53. The van der Waals surface area contributed by atoms with Crippen LogP contribution in [0.1, 0.15) is 0 Å². The number of hydrogen-bond acceptors (Lipinski definition) is 4. The van der Waals surface area contributed by atoms with E-state index in [0.29, 0.717) is 0 Å². The summed E-state index contributed by atoms with van der Waals surface area (Å²) in [7, 11) is 0. The number of benzene rings is 2. The molecule has 0 aliphatic rings. The molecular formula is C13H11NO2S2. The van der Waals surface area contributed by atoms with Gasteiger partial charge in [-0.05, 0) is 42.7 Å². The van der Waals surface area contributed by atoms with Crippen LogP contribution in [0.15, 0.2) is 63.2 Å². The second-order valence-corrected chi connectivity index (χ2v) is 5.56. The van der Waals surface area contributed by atoms with Gasteiger partial charge in [0.15, 0.2) is 0 Å². The molecule has 0 unspecified atom stereocenters. The Morgan fingerprint density at radius 1 is 0.889 bits per heavy atom. The van der Waals surface area contributed by atoms with Crippen LogP contribution in [0.25, 0.3) is 0 Å². The van der Waals surface area contributed by atoms with Gasteiger partial charge in [-0.15, -0.1) is 11.8 Å². The van der Waals surface area contributed by atoms with E-state index in [1.54, 1.807) is 35.7 Å². The standard InChI is InChI=1S/C13H11NO2S2/c1-17-11-6-8-13(9-7-11)18-12-4-2-10(3-5-12)14(15)16/h2-9H,1H3. The van der Waals surface area contributed by atoms with Crippen LogP contribution in [0.5, 0.6) is 0 Å². The Morgan fingerprint density at radius 3 is 1.78 bits per heavy atom. The third kappa shape index (κ3) is 3.27. The Morgan fingerprint density at radius 2 is 1.33 bits per heavy atom. The number of thioether (sulfide) groups is 1. The van der Waals surface area contributed by atoms with E-state index in [1.807, 2.05) is 6.26 Å². The molecule has 0 aliphatic heterocycles. The fraction of sp³-hybridized carbons (Fsp3) is 0.0769. The highest BCUT2D eigenvalue weighted by Crippen LogP contribution is 2.30. The third-order valence-corrected chi connectivity index (χ3v) is 4.10. The van der Waals surface area contributed by atoms with Crippen molar-refractivity contribution in [3.8, 4) is 0 Å². The van der Waals surface area contributed by atoms with E-state index in [4.69, 9.17) is 0 Å². The van der Waals surface area contributed by atoms with E-state index in [0.717, 1.165) is 9.79 Å². The molecule has 92 valence electrons. The van der Waals surface area contributed by atoms with E-state index in [2.05, 4.69) is 24.3 Å². The number of rotatable bonds is 4. The molecule has 0 bridgehead atoms. The Bertz CT molecular complexity index is 538. The van der Waals surface area contributed by atoms with Crippen molar-refractivity contribution in [2.24, 2.45) is 0 Å². The molecule has 0 aliphatic carbocycles. The molecule has 0 aromatic heterocycles. The van der Waals surface area contributed by atoms with Gasteiger partial charge in [-0.3, -0.25) is 10.1 Å². The first-order valence-electron chi connectivity index (χ1n) is 5.25. The zero-order valence-electron chi connectivity index (χ0n) is 9.70. The van der Waals surface area contributed by atoms with Crippen LogP contribution >= 0.6 is 23.5 Å². The maximum Gasteiger partial charge on any atom is 0.269 e. The Hall–Kier alpha value is -1.46. The molecule has 2 aromatic carbocycles. The van der Waals surface area contributed by atoms with Gasteiger partial charge in [-0.25, -0.2) is 0 Å². The smallest absolute Gasteiger partial charge is 0.258 e. The minimum atomic E-state index is -0.387. The van der Waals surface area contributed by atoms with Crippen molar-refractivity contribution in [1.82, 2.24) is 0 Å². The summed E-state index contributed by atoms with van der Waals surface area (Å²) >= 11 is 3.30. The molecule has 0 atom stereocenters. The SMILES string of the molecule is CSc1ccc(Sc2ccc([N+](=O)[O-])cc2)cc1. The highest BCUT2D eigenvalue weighted by atomic mass is 32.2. The summed E-state index contributed by atoms with van der Waals surface area (Å²) in [6.07, 6.45) is 2.04. The second kappa shape index (κ2) is 5.93. The van der Waals surface area contributed by atoms with Gasteiger partial charge in [0.25, 0.3) is 5.69 Å². The predicted molar refractivity (Wildman–Crippen MR) is 75.4 cm³/mol. The first kappa shape index (κ1) is 13.0. The summed E-state index contributed by atoms with van der Waals surface area (Å²) in [5, 5.41) is 10.5. The Labute approximate surface area is 114 Å². The first-order valence-corrected chi connectivity index (χ1v) is 7.29. The normalized spacial score (nSPS) is 10.3. The van der Waals surface area contributed by atoms with Gasteiger partial charge in [0.05, 0.1) is 4.92 Å². The van der Waals surface area contributed by atoms with Crippen LogP contribution in [0.2, 0.25) is 0 Å². The summed E-state index contributed by atoms with van der Waals surface area (Å²) in [6, 6.07) is 14.8. The minimum absolute atomic E-state index is 0.122. The molecule has 3 nitrogen and oxygen atoms in total. The highest BCUT2D eigenvalue weighted by molar-refractivity contribution is 7.99. The average molecular weight is 277 g/mol. The molecule has 2 rings (SSSR count). The van der Waals surface area contributed by atoms with Gasteiger partial charge in [0.1, 0.15) is 0 Å². The Balaban J connectivity index is 2.10. The van der Waals surface area contributed by atoms with Gasteiger partial charge in [-0.2, -0.15) is 0 Å². The van der Waals surface area contributed by atoms with Crippen molar-refractivity contribution < 1.29 is 4.92 Å². The summed E-state index contributed by atoms with van der Waals surface area (Å²) in [6.45, 7) is 0. The number of nitro groups is 1. The lowest BCUT2D eigenvalue weighted by Gasteiger charge is -2.02. The lowest BCUT2D eigenvalue weighted by molar-refractivity contribution is -0.384. The van der Waals surface area contributed by atoms with E-state index >= 15 is 0 Å². The Kier molecular flexibility index (Phi) is 4.28. The van der Waals surface area contributed by atoms with Crippen LogP contribution in [0.4, 0.5) is 5.69 Å². The maximum atomic E-state index is 10.5. The number of nitrogens with zero attached hydrogens (tertiary/aromatic N) is 1. The molecule has 0 heterocycles. The van der Waals surface area contributed by atoms with Gasteiger partial charge in [-0.1, -0.05) is 11.8 Å². The maximum absolute atomic E-state index is 10.5. The van der Waals surface area contributed by atoms with E-state index in [1.165, 1.54) is 17.0 Å².